The Balaban J connectivity index is 1.77. The van der Waals surface area contributed by atoms with E-state index in [-0.39, 0.29) is 5.92 Å². The number of nitrogens with two attached hydrogens (primary N) is 1. The number of nitrogens with one attached hydrogen (secondary N) is 1. The highest BCUT2D eigenvalue weighted by Gasteiger charge is 2.20. The minimum atomic E-state index is 0.264. The number of allylic oxidation sites excluding steroid dienone is 5. The van der Waals surface area contributed by atoms with Gasteiger partial charge in [0.2, 0.25) is 5.95 Å². The van der Waals surface area contributed by atoms with Crippen LogP contribution in [0.4, 0.5) is 11.8 Å². The number of fused-ring (bicyclic) bond motifs is 1. The Kier molecular flexibility index (Phi) is 8.39. The summed E-state index contributed by atoms with van der Waals surface area (Å²) in [5, 5.41) is 4.20. The molecule has 0 saturated heterocycles. The van der Waals surface area contributed by atoms with Gasteiger partial charge in [-0.15, -0.1) is 0 Å². The van der Waals surface area contributed by atoms with Gasteiger partial charge in [-0.05, 0) is 93.3 Å². The minimum Gasteiger partial charge on any atom is -0.383 e. The van der Waals surface area contributed by atoms with E-state index >= 15 is 0 Å². The molecule has 0 aliphatic carbocycles. The van der Waals surface area contributed by atoms with Crippen molar-refractivity contribution in [2.75, 3.05) is 11.1 Å². The summed E-state index contributed by atoms with van der Waals surface area (Å²) in [6, 6.07) is 10.8. The SMILES string of the molecule is CC/C(C)=C1\C(C)=NC(Nc2nc(N)c3cccc(-c4c(C)cc(C(C)/C=C(\C)CC)cc4C)c3n2)=CC1C. The van der Waals surface area contributed by atoms with Gasteiger partial charge in [0.05, 0.1) is 5.52 Å². The summed E-state index contributed by atoms with van der Waals surface area (Å²) < 4.78 is 0. The number of hydrogen-bond donors (Lipinski definition) is 2. The maximum Gasteiger partial charge on any atom is 0.230 e. The van der Waals surface area contributed by atoms with Gasteiger partial charge in [0.15, 0.2) is 0 Å². The van der Waals surface area contributed by atoms with Crippen LogP contribution in [0.1, 0.15) is 83.9 Å². The molecule has 0 spiro atoms. The smallest absolute Gasteiger partial charge is 0.230 e. The molecule has 2 aromatic carbocycles. The lowest BCUT2D eigenvalue weighted by molar-refractivity contribution is 0.842. The minimum absolute atomic E-state index is 0.264. The number of hydrogen-bond acceptors (Lipinski definition) is 5. The number of para-hydroxylation sites is 1. The van der Waals surface area contributed by atoms with Crippen LogP contribution in [0, 0.1) is 19.8 Å². The Morgan fingerprint density at radius 1 is 1.05 bits per heavy atom. The van der Waals surface area contributed by atoms with E-state index in [4.69, 9.17) is 15.7 Å². The van der Waals surface area contributed by atoms with E-state index < -0.39 is 0 Å². The monoisotopic (exact) mass is 521 g/mol. The van der Waals surface area contributed by atoms with Crippen molar-refractivity contribution in [2.24, 2.45) is 10.9 Å². The second-order valence-electron chi connectivity index (χ2n) is 11.0. The molecule has 2 atom stereocenters. The largest absolute Gasteiger partial charge is 0.383 e. The fourth-order valence-electron chi connectivity index (χ4n) is 5.76. The normalized spacial score (nSPS) is 18.1. The Hall–Kier alpha value is -3.73. The predicted octanol–water partition coefficient (Wildman–Crippen LogP) is 9.05. The molecule has 0 bridgehead atoms. The molecule has 2 heterocycles. The lowest BCUT2D eigenvalue weighted by Gasteiger charge is -2.22. The molecule has 0 radical (unpaired) electrons. The first-order valence-corrected chi connectivity index (χ1v) is 14.1. The first kappa shape index (κ1) is 28.3. The summed E-state index contributed by atoms with van der Waals surface area (Å²) in [6.45, 7) is 19.7. The molecular weight excluding hydrogens is 478 g/mol. The van der Waals surface area contributed by atoms with Crippen molar-refractivity contribution in [3.05, 3.63) is 81.7 Å². The van der Waals surface area contributed by atoms with Crippen molar-refractivity contribution in [2.45, 2.75) is 81.1 Å². The summed E-state index contributed by atoms with van der Waals surface area (Å²) >= 11 is 0. The number of aromatic nitrogens is 2. The molecule has 3 aromatic rings. The van der Waals surface area contributed by atoms with E-state index in [1.54, 1.807) is 0 Å². The van der Waals surface area contributed by atoms with E-state index in [1.807, 2.05) is 12.1 Å². The maximum atomic E-state index is 6.48. The molecule has 2 unspecified atom stereocenters. The van der Waals surface area contributed by atoms with Gasteiger partial charge in [0.25, 0.3) is 0 Å². The average molecular weight is 522 g/mol. The van der Waals surface area contributed by atoms with E-state index in [9.17, 15) is 0 Å². The molecule has 0 saturated carbocycles. The zero-order valence-corrected chi connectivity index (χ0v) is 25.0. The number of nitrogen functional groups attached to an aromatic ring is 1. The fourth-order valence-corrected chi connectivity index (χ4v) is 5.76. The van der Waals surface area contributed by atoms with Gasteiger partial charge in [0, 0.05) is 22.6 Å². The van der Waals surface area contributed by atoms with Crippen molar-refractivity contribution in [1.29, 1.82) is 0 Å². The highest BCUT2D eigenvalue weighted by atomic mass is 15.2. The second kappa shape index (κ2) is 11.6. The molecule has 39 heavy (non-hydrogen) atoms. The summed E-state index contributed by atoms with van der Waals surface area (Å²) in [4.78, 5) is 14.4. The first-order valence-electron chi connectivity index (χ1n) is 14.1. The molecule has 1 aromatic heterocycles. The first-order chi connectivity index (χ1) is 18.5. The van der Waals surface area contributed by atoms with Gasteiger partial charge in [-0.3, -0.25) is 0 Å². The molecule has 204 valence electrons. The third-order valence-electron chi connectivity index (χ3n) is 7.97. The molecule has 1 aliphatic rings. The molecule has 0 fully saturated rings. The quantitative estimate of drug-likeness (QED) is 0.304. The van der Waals surface area contributed by atoms with Gasteiger partial charge in [-0.2, -0.15) is 4.98 Å². The molecule has 1 aliphatic heterocycles. The molecule has 3 N–H and O–H groups in total. The second-order valence-corrected chi connectivity index (χ2v) is 11.0. The van der Waals surface area contributed by atoms with Crippen LogP contribution in [0.15, 0.2) is 70.0 Å². The third-order valence-corrected chi connectivity index (χ3v) is 7.97. The zero-order valence-electron chi connectivity index (χ0n) is 25.0. The number of aryl methyl sites for hydroxylation is 2. The zero-order chi connectivity index (χ0) is 28.4. The summed E-state index contributed by atoms with van der Waals surface area (Å²) in [5.41, 5.74) is 18.5. The third kappa shape index (κ3) is 5.83. The van der Waals surface area contributed by atoms with Crippen molar-refractivity contribution >= 4 is 28.4 Å². The number of rotatable bonds is 7. The van der Waals surface area contributed by atoms with Crippen molar-refractivity contribution in [3.8, 4) is 11.1 Å². The number of anilines is 2. The van der Waals surface area contributed by atoms with E-state index in [1.165, 1.54) is 39.0 Å². The number of benzene rings is 2. The van der Waals surface area contributed by atoms with Crippen molar-refractivity contribution in [3.63, 3.8) is 0 Å². The summed E-state index contributed by atoms with van der Waals surface area (Å²) in [6.07, 6.45) is 6.60. The predicted molar refractivity (Wildman–Crippen MR) is 168 cm³/mol. The van der Waals surface area contributed by atoms with Gasteiger partial charge in [-0.1, -0.05) is 69.2 Å². The van der Waals surface area contributed by atoms with Gasteiger partial charge < -0.3 is 11.1 Å². The molecule has 5 heteroatoms. The fraction of sp³-hybridized carbons (Fsp3) is 0.382. The van der Waals surface area contributed by atoms with Crippen LogP contribution in [0.25, 0.3) is 22.0 Å². The topological polar surface area (TPSA) is 76.2 Å². The van der Waals surface area contributed by atoms with Crippen LogP contribution in [0.2, 0.25) is 0 Å². The maximum absolute atomic E-state index is 6.48. The van der Waals surface area contributed by atoms with Crippen LogP contribution in [-0.4, -0.2) is 15.7 Å². The van der Waals surface area contributed by atoms with E-state index in [0.29, 0.717) is 17.7 Å². The van der Waals surface area contributed by atoms with Crippen LogP contribution >= 0.6 is 0 Å². The molecule has 4 rings (SSSR count). The molecular formula is C34H43N5. The number of aliphatic imine (C=N–C) groups is 1. The molecule has 0 amide bonds. The van der Waals surface area contributed by atoms with Crippen LogP contribution in [0.5, 0.6) is 0 Å². The summed E-state index contributed by atoms with van der Waals surface area (Å²) in [7, 11) is 0. The van der Waals surface area contributed by atoms with E-state index in [2.05, 4.69) is 103 Å². The Morgan fingerprint density at radius 3 is 2.36 bits per heavy atom. The van der Waals surface area contributed by atoms with E-state index in [0.717, 1.165) is 40.8 Å². The Morgan fingerprint density at radius 2 is 1.74 bits per heavy atom. The average Bonchev–Trinajstić information content (AvgIpc) is 2.87. The standard InChI is InChI=1S/C34H43N5/c1-10-19(3)15-21(5)26-16-22(6)31(23(7)17-26)27-13-12-14-28-32(27)38-34(39-33(28)35)37-29-18-24(8)30(20(4)11-2)25(9)36-29/h12-18,21,24H,10-11H2,1-9H3,(H3,35,37,38,39)/b19-15+,30-20-. The Labute approximate surface area is 234 Å². The van der Waals surface area contributed by atoms with Crippen LogP contribution < -0.4 is 11.1 Å². The Bertz CT molecular complexity index is 1510. The summed E-state index contributed by atoms with van der Waals surface area (Å²) in [5.74, 6) is 2.30. The van der Waals surface area contributed by atoms with Gasteiger partial charge in [0.1, 0.15) is 11.6 Å². The van der Waals surface area contributed by atoms with Gasteiger partial charge >= 0.3 is 0 Å². The molecule has 5 nitrogen and oxygen atoms in total. The van der Waals surface area contributed by atoms with Crippen molar-refractivity contribution in [1.82, 2.24) is 9.97 Å². The lowest BCUT2D eigenvalue weighted by atomic mass is 9.88. The highest BCUT2D eigenvalue weighted by molar-refractivity contribution is 6.02. The van der Waals surface area contributed by atoms with Crippen molar-refractivity contribution < 1.29 is 0 Å². The van der Waals surface area contributed by atoms with Crippen LogP contribution in [0.3, 0.4) is 0 Å². The van der Waals surface area contributed by atoms with Crippen LogP contribution in [-0.2, 0) is 0 Å². The van der Waals surface area contributed by atoms with Gasteiger partial charge in [-0.25, -0.2) is 9.98 Å². The number of nitrogens with zero attached hydrogens (tertiary/aromatic N) is 3. The highest BCUT2D eigenvalue weighted by Crippen LogP contribution is 2.37. The lowest BCUT2D eigenvalue weighted by Crippen LogP contribution is -2.17.